The first-order valence-corrected chi connectivity index (χ1v) is 11.5. The largest absolute Gasteiger partial charge is 0.151 e. The van der Waals surface area contributed by atoms with Crippen LogP contribution in [0.2, 0.25) is 0 Å². The molecule has 4 saturated carbocycles. The van der Waals surface area contributed by atoms with Crippen molar-refractivity contribution in [3.8, 4) is 0 Å². The van der Waals surface area contributed by atoms with Crippen LogP contribution >= 0.6 is 11.8 Å². The number of aryl methyl sites for hydroxylation is 1. The Bertz CT molecular complexity index is 836. The van der Waals surface area contributed by atoms with Crippen LogP contribution in [0, 0.1) is 24.7 Å². The number of benzene rings is 2. The van der Waals surface area contributed by atoms with E-state index in [4.69, 9.17) is 5.11 Å². The molecule has 27 heavy (non-hydrogen) atoms. The van der Waals surface area contributed by atoms with Crippen LogP contribution < -0.4 is 0 Å². The van der Waals surface area contributed by atoms with E-state index in [1.54, 1.807) is 5.56 Å². The molecule has 0 radical (unpaired) electrons. The molecule has 0 saturated heterocycles. The molecule has 4 fully saturated rings. The molecule has 2 aromatic carbocycles. The minimum absolute atomic E-state index is 0.399. The van der Waals surface area contributed by atoms with Crippen molar-refractivity contribution in [3.05, 3.63) is 53.6 Å². The third kappa shape index (κ3) is 3.14. The van der Waals surface area contributed by atoms with E-state index in [1.807, 2.05) is 42.1 Å². The molecule has 3 heteroatoms. The molecule has 6 rings (SSSR count). The summed E-state index contributed by atoms with van der Waals surface area (Å²) in [6, 6.07) is 14.8. The zero-order chi connectivity index (χ0) is 18.4. The minimum Gasteiger partial charge on any atom is -0.151 e. The topological polar surface area (TPSA) is 24.7 Å². The Morgan fingerprint density at radius 1 is 0.889 bits per heavy atom. The van der Waals surface area contributed by atoms with Gasteiger partial charge in [0.15, 0.2) is 0 Å². The molecule has 0 spiro atoms. The van der Waals surface area contributed by atoms with Crippen molar-refractivity contribution in [3.63, 3.8) is 0 Å². The number of nitrogens with zero attached hydrogens (tertiary/aromatic N) is 2. The van der Waals surface area contributed by atoms with Crippen molar-refractivity contribution >= 4 is 23.1 Å². The molecule has 2 nitrogen and oxygen atoms in total. The van der Waals surface area contributed by atoms with Gasteiger partial charge in [-0.25, -0.2) is 0 Å². The van der Waals surface area contributed by atoms with Crippen LogP contribution in [-0.2, 0) is 5.41 Å². The molecular formula is C24H28N2S. The van der Waals surface area contributed by atoms with Gasteiger partial charge in [-0.05, 0) is 104 Å². The zero-order valence-corrected chi connectivity index (χ0v) is 17.1. The van der Waals surface area contributed by atoms with Gasteiger partial charge in [0, 0.05) is 4.90 Å². The molecule has 4 aliphatic carbocycles. The van der Waals surface area contributed by atoms with Gasteiger partial charge in [0.25, 0.3) is 0 Å². The lowest BCUT2D eigenvalue weighted by Crippen LogP contribution is -2.48. The number of hydrogen-bond acceptors (Lipinski definition) is 3. The highest BCUT2D eigenvalue weighted by molar-refractivity contribution is 7.98. The summed E-state index contributed by atoms with van der Waals surface area (Å²) < 4.78 is 0. The Kier molecular flexibility index (Phi) is 4.39. The van der Waals surface area contributed by atoms with Crippen molar-refractivity contribution in [2.75, 3.05) is 6.26 Å². The van der Waals surface area contributed by atoms with Gasteiger partial charge in [-0.1, -0.05) is 24.3 Å². The van der Waals surface area contributed by atoms with Gasteiger partial charge >= 0.3 is 0 Å². The molecule has 2 aromatic rings. The van der Waals surface area contributed by atoms with Crippen LogP contribution in [0.15, 0.2) is 57.6 Å². The number of azo groups is 1. The van der Waals surface area contributed by atoms with Gasteiger partial charge < -0.3 is 0 Å². The van der Waals surface area contributed by atoms with E-state index in [1.165, 1.54) is 49.0 Å². The summed E-state index contributed by atoms with van der Waals surface area (Å²) in [5.74, 6) is 2.88. The molecule has 4 aliphatic rings. The highest BCUT2D eigenvalue weighted by atomic mass is 32.2. The fourth-order valence-corrected chi connectivity index (χ4v) is 7.29. The predicted octanol–water partition coefficient (Wildman–Crippen LogP) is 7.60. The quantitative estimate of drug-likeness (QED) is 0.398. The van der Waals surface area contributed by atoms with Gasteiger partial charge in [0.1, 0.15) is 0 Å². The maximum Gasteiger partial charge on any atom is 0.0998 e. The fraction of sp³-hybridized carbons (Fsp3) is 0.500. The number of thioether (sulfide) groups is 1. The molecule has 0 heterocycles. The Balaban J connectivity index is 1.57. The monoisotopic (exact) mass is 376 g/mol. The summed E-state index contributed by atoms with van der Waals surface area (Å²) in [5.41, 5.74) is 5.27. The van der Waals surface area contributed by atoms with Gasteiger partial charge in [-0.15, -0.1) is 16.9 Å². The smallest absolute Gasteiger partial charge is 0.0998 e. The molecular weight excluding hydrogens is 348 g/mol. The van der Waals surface area contributed by atoms with Gasteiger partial charge in [0.2, 0.25) is 0 Å². The lowest BCUT2D eigenvalue weighted by Gasteiger charge is -2.57. The molecule has 0 aromatic heterocycles. The van der Waals surface area contributed by atoms with Gasteiger partial charge in [-0.3, -0.25) is 0 Å². The molecule has 0 atom stereocenters. The highest BCUT2D eigenvalue weighted by Gasteiger charge is 2.52. The lowest BCUT2D eigenvalue weighted by atomic mass is 9.48. The second-order valence-electron chi connectivity index (χ2n) is 9.10. The van der Waals surface area contributed by atoms with Crippen LogP contribution in [0.4, 0.5) is 11.4 Å². The Morgan fingerprint density at radius 2 is 1.52 bits per heavy atom. The third-order valence-corrected chi connectivity index (χ3v) is 7.89. The summed E-state index contributed by atoms with van der Waals surface area (Å²) in [7, 11) is 0. The summed E-state index contributed by atoms with van der Waals surface area (Å²) in [6.07, 6.45) is 10.8. The van der Waals surface area contributed by atoms with Crippen LogP contribution in [0.3, 0.4) is 0 Å². The van der Waals surface area contributed by atoms with E-state index >= 15 is 0 Å². The molecule has 4 bridgehead atoms. The fourth-order valence-electron chi connectivity index (χ4n) is 6.48. The zero-order valence-electron chi connectivity index (χ0n) is 16.3. The third-order valence-electron chi connectivity index (χ3n) is 7.06. The highest BCUT2D eigenvalue weighted by Crippen LogP contribution is 2.62. The molecule has 0 unspecified atom stereocenters. The van der Waals surface area contributed by atoms with Crippen LogP contribution in [0.5, 0.6) is 0 Å². The predicted molar refractivity (Wildman–Crippen MR) is 113 cm³/mol. The molecule has 0 N–H and O–H groups in total. The van der Waals surface area contributed by atoms with E-state index in [0.29, 0.717) is 5.41 Å². The first-order chi connectivity index (χ1) is 13.1. The van der Waals surface area contributed by atoms with Crippen molar-refractivity contribution in [2.45, 2.75) is 55.8 Å². The first-order valence-electron chi connectivity index (χ1n) is 10.3. The number of rotatable bonds is 4. The van der Waals surface area contributed by atoms with Crippen molar-refractivity contribution in [1.29, 1.82) is 0 Å². The van der Waals surface area contributed by atoms with Gasteiger partial charge in [-0.2, -0.15) is 5.11 Å². The summed E-state index contributed by atoms with van der Waals surface area (Å²) in [6.45, 7) is 2.22. The average Bonchev–Trinajstić information content (AvgIpc) is 2.65. The Labute approximate surface area is 166 Å². The minimum atomic E-state index is 0.399. The standard InChI is InChI=1S/C24H28N2S/c1-16-8-21(24-13-17-10-18(14-24)12-19(11-17)15-24)23(27-2)22(9-16)26-25-20-6-4-3-5-7-20/h3-9,17-19H,10-15H2,1-2H3. The van der Waals surface area contributed by atoms with E-state index in [9.17, 15) is 0 Å². The summed E-state index contributed by atoms with van der Waals surface area (Å²) in [5, 5.41) is 9.23. The van der Waals surface area contributed by atoms with E-state index in [-0.39, 0.29) is 0 Å². The van der Waals surface area contributed by atoms with Crippen molar-refractivity contribution in [2.24, 2.45) is 28.0 Å². The SMILES string of the molecule is CSc1c(N=Nc2ccccc2)cc(C)cc1C12CC3CC(CC(C3)C1)C2. The molecule has 0 aliphatic heterocycles. The van der Waals surface area contributed by atoms with Crippen molar-refractivity contribution < 1.29 is 0 Å². The van der Waals surface area contributed by atoms with Crippen molar-refractivity contribution in [1.82, 2.24) is 0 Å². The number of hydrogen-bond donors (Lipinski definition) is 0. The second kappa shape index (κ2) is 6.77. The summed E-state index contributed by atoms with van der Waals surface area (Å²) in [4.78, 5) is 1.36. The summed E-state index contributed by atoms with van der Waals surface area (Å²) >= 11 is 1.86. The van der Waals surface area contributed by atoms with Crippen LogP contribution in [-0.4, -0.2) is 6.26 Å². The Morgan fingerprint density at radius 3 is 2.11 bits per heavy atom. The van der Waals surface area contributed by atoms with E-state index in [0.717, 1.165) is 29.1 Å². The Hall–Kier alpha value is -1.61. The second-order valence-corrected chi connectivity index (χ2v) is 9.91. The maximum absolute atomic E-state index is 4.70. The van der Waals surface area contributed by atoms with E-state index < -0.39 is 0 Å². The van der Waals surface area contributed by atoms with Gasteiger partial charge in [0.05, 0.1) is 11.4 Å². The lowest BCUT2D eigenvalue weighted by molar-refractivity contribution is -0.00637. The van der Waals surface area contributed by atoms with E-state index in [2.05, 4.69) is 30.4 Å². The maximum atomic E-state index is 4.70. The van der Waals surface area contributed by atoms with Crippen LogP contribution in [0.25, 0.3) is 0 Å². The average molecular weight is 377 g/mol. The first kappa shape index (κ1) is 17.5. The molecule has 0 amide bonds. The molecule has 140 valence electrons. The normalized spacial score (nSPS) is 31.7. The van der Waals surface area contributed by atoms with Crippen LogP contribution in [0.1, 0.15) is 49.7 Å².